The van der Waals surface area contributed by atoms with Crippen molar-refractivity contribution in [3.05, 3.63) is 23.2 Å². The quantitative estimate of drug-likeness (QED) is 0.559. The second-order valence-corrected chi connectivity index (χ2v) is 6.72. The van der Waals surface area contributed by atoms with E-state index in [1.807, 2.05) is 0 Å². The molecule has 0 spiro atoms. The number of hydrogen-bond donors (Lipinski definition) is 3. The number of carbonyl (C=O) groups excluding carboxylic acids is 2. The van der Waals surface area contributed by atoms with E-state index >= 15 is 0 Å². The van der Waals surface area contributed by atoms with Gasteiger partial charge in [0.25, 0.3) is 0 Å². The van der Waals surface area contributed by atoms with Crippen LogP contribution in [-0.2, 0) is 9.59 Å². The molecule has 1 aliphatic rings. The third-order valence-electron chi connectivity index (χ3n) is 4.40. The molecular formula is C18H29Cl3N4O3. The first-order valence-electron chi connectivity index (χ1n) is 8.88. The number of nitrogens with one attached hydrogen (secondary N) is 2. The van der Waals surface area contributed by atoms with Crippen LogP contribution in [0, 0.1) is 5.92 Å². The van der Waals surface area contributed by atoms with E-state index in [1.165, 1.54) is 0 Å². The van der Waals surface area contributed by atoms with Crippen LogP contribution >= 0.6 is 36.4 Å². The van der Waals surface area contributed by atoms with Gasteiger partial charge in [0.15, 0.2) is 0 Å². The summed E-state index contributed by atoms with van der Waals surface area (Å²) in [5.41, 5.74) is 6.17. The van der Waals surface area contributed by atoms with Crippen molar-refractivity contribution < 1.29 is 14.3 Å². The molecule has 1 fully saturated rings. The van der Waals surface area contributed by atoms with Crippen LogP contribution < -0.4 is 21.1 Å². The number of anilines is 1. The van der Waals surface area contributed by atoms with Gasteiger partial charge in [-0.05, 0) is 31.0 Å². The molecule has 0 saturated carbocycles. The summed E-state index contributed by atoms with van der Waals surface area (Å²) in [6.45, 7) is 2.51. The molecule has 10 heteroatoms. The maximum absolute atomic E-state index is 12.5. The van der Waals surface area contributed by atoms with E-state index in [0.29, 0.717) is 49.9 Å². The molecule has 1 unspecified atom stereocenters. The summed E-state index contributed by atoms with van der Waals surface area (Å²) in [5, 5.41) is 6.59. The van der Waals surface area contributed by atoms with Crippen LogP contribution in [0.4, 0.5) is 5.69 Å². The summed E-state index contributed by atoms with van der Waals surface area (Å²) < 4.78 is 5.28. The lowest BCUT2D eigenvalue weighted by molar-refractivity contribution is -0.135. The number of likely N-dealkylation sites (tertiary alicyclic amines) is 1. The van der Waals surface area contributed by atoms with Gasteiger partial charge < -0.3 is 26.0 Å². The second-order valence-electron chi connectivity index (χ2n) is 6.28. The highest BCUT2D eigenvalue weighted by atomic mass is 35.5. The lowest BCUT2D eigenvalue weighted by atomic mass is 9.97. The average Bonchev–Trinajstić information content (AvgIpc) is 2.66. The lowest BCUT2D eigenvalue weighted by Gasteiger charge is -2.32. The van der Waals surface area contributed by atoms with Gasteiger partial charge in [0.1, 0.15) is 5.75 Å². The zero-order valence-corrected chi connectivity index (χ0v) is 18.3. The molecule has 1 atom stereocenters. The fourth-order valence-electron chi connectivity index (χ4n) is 3.04. The second kappa shape index (κ2) is 13.7. The van der Waals surface area contributed by atoms with Crippen LogP contribution in [0.15, 0.2) is 18.2 Å². The van der Waals surface area contributed by atoms with E-state index in [1.54, 1.807) is 30.2 Å². The highest BCUT2D eigenvalue weighted by Gasteiger charge is 2.27. The Hall–Kier alpha value is -1.41. The SMILES string of the molecule is COc1ccc(Cl)cc1NCCC(=O)N1CCCC(C(=O)NCCN)C1.Cl.Cl. The number of piperidine rings is 1. The highest BCUT2D eigenvalue weighted by molar-refractivity contribution is 6.30. The van der Waals surface area contributed by atoms with Crippen molar-refractivity contribution in [1.82, 2.24) is 10.2 Å². The molecule has 2 amide bonds. The van der Waals surface area contributed by atoms with Crippen LogP contribution in [0.1, 0.15) is 19.3 Å². The van der Waals surface area contributed by atoms with Gasteiger partial charge in [-0.3, -0.25) is 9.59 Å². The fourth-order valence-corrected chi connectivity index (χ4v) is 3.21. The molecule has 0 radical (unpaired) electrons. The molecule has 0 bridgehead atoms. The van der Waals surface area contributed by atoms with Crippen LogP contribution in [0.25, 0.3) is 0 Å². The minimum absolute atomic E-state index is 0. The maximum Gasteiger partial charge on any atom is 0.224 e. The van der Waals surface area contributed by atoms with Gasteiger partial charge in [0.05, 0.1) is 18.7 Å². The lowest BCUT2D eigenvalue weighted by Crippen LogP contribution is -2.46. The Morgan fingerprint density at radius 1 is 1.32 bits per heavy atom. The average molecular weight is 456 g/mol. The van der Waals surface area contributed by atoms with Gasteiger partial charge in [-0.1, -0.05) is 11.6 Å². The molecule has 1 aromatic carbocycles. The molecule has 1 aliphatic heterocycles. The third-order valence-corrected chi connectivity index (χ3v) is 4.64. The summed E-state index contributed by atoms with van der Waals surface area (Å²) in [4.78, 5) is 26.3. The zero-order valence-electron chi connectivity index (χ0n) is 15.9. The van der Waals surface area contributed by atoms with E-state index in [0.717, 1.165) is 18.5 Å². The Balaban J connectivity index is 0.00000364. The van der Waals surface area contributed by atoms with Gasteiger partial charge in [0.2, 0.25) is 11.8 Å². The predicted octanol–water partition coefficient (Wildman–Crippen LogP) is 2.31. The molecule has 2 rings (SSSR count). The van der Waals surface area contributed by atoms with E-state index < -0.39 is 0 Å². The summed E-state index contributed by atoms with van der Waals surface area (Å²) >= 11 is 6.00. The Bertz CT molecular complexity index is 634. The fraction of sp³-hybridized carbons (Fsp3) is 0.556. The number of amides is 2. The minimum atomic E-state index is -0.153. The van der Waals surface area contributed by atoms with Crippen molar-refractivity contribution in [1.29, 1.82) is 0 Å². The largest absolute Gasteiger partial charge is 0.495 e. The van der Waals surface area contributed by atoms with Gasteiger partial charge in [-0.2, -0.15) is 0 Å². The standard InChI is InChI=1S/C18H27ClN4O3.2ClH/c1-26-16-5-4-14(19)11-15(16)21-8-6-17(24)23-10-2-3-13(12-23)18(25)22-9-7-20;;/h4-5,11,13,21H,2-3,6-10,12,20H2,1H3,(H,22,25);2*1H. The molecule has 0 aromatic heterocycles. The summed E-state index contributed by atoms with van der Waals surface area (Å²) in [7, 11) is 1.59. The number of hydrogen-bond acceptors (Lipinski definition) is 5. The molecular weight excluding hydrogens is 427 g/mol. The number of nitrogens with zero attached hydrogens (tertiary/aromatic N) is 1. The normalized spacial score (nSPS) is 15.7. The molecule has 160 valence electrons. The van der Waals surface area contributed by atoms with E-state index in [9.17, 15) is 9.59 Å². The molecule has 0 aliphatic carbocycles. The summed E-state index contributed by atoms with van der Waals surface area (Å²) in [5.74, 6) is 0.543. The summed E-state index contributed by atoms with van der Waals surface area (Å²) in [6.07, 6.45) is 1.98. The Kier molecular flexibility index (Phi) is 13.0. The first-order valence-corrected chi connectivity index (χ1v) is 9.26. The van der Waals surface area contributed by atoms with E-state index in [4.69, 9.17) is 22.1 Å². The topological polar surface area (TPSA) is 96.7 Å². The van der Waals surface area contributed by atoms with Crippen molar-refractivity contribution >= 4 is 53.9 Å². The van der Waals surface area contributed by atoms with Crippen LogP contribution in [0.5, 0.6) is 5.75 Å². The Morgan fingerprint density at radius 3 is 2.75 bits per heavy atom. The molecule has 28 heavy (non-hydrogen) atoms. The van der Waals surface area contributed by atoms with Gasteiger partial charge in [0, 0.05) is 44.2 Å². The Labute approximate surface area is 183 Å². The molecule has 4 N–H and O–H groups in total. The van der Waals surface area contributed by atoms with Crippen molar-refractivity contribution in [2.45, 2.75) is 19.3 Å². The van der Waals surface area contributed by atoms with Crippen LogP contribution in [-0.4, -0.2) is 56.5 Å². The van der Waals surface area contributed by atoms with Crippen molar-refractivity contribution in [3.8, 4) is 5.75 Å². The third kappa shape index (κ3) is 7.91. The van der Waals surface area contributed by atoms with E-state index in [2.05, 4.69) is 10.6 Å². The smallest absolute Gasteiger partial charge is 0.224 e. The number of ether oxygens (including phenoxy) is 1. The maximum atomic E-state index is 12.5. The van der Waals surface area contributed by atoms with Gasteiger partial charge >= 0.3 is 0 Å². The molecule has 1 heterocycles. The van der Waals surface area contributed by atoms with Crippen LogP contribution in [0.2, 0.25) is 5.02 Å². The predicted molar refractivity (Wildman–Crippen MR) is 117 cm³/mol. The van der Waals surface area contributed by atoms with Crippen molar-refractivity contribution in [2.75, 3.05) is 45.2 Å². The van der Waals surface area contributed by atoms with Gasteiger partial charge in [-0.15, -0.1) is 24.8 Å². The van der Waals surface area contributed by atoms with Crippen LogP contribution in [0.3, 0.4) is 0 Å². The number of nitrogens with two attached hydrogens (primary N) is 1. The number of benzene rings is 1. The minimum Gasteiger partial charge on any atom is -0.495 e. The number of rotatable bonds is 8. The first kappa shape index (κ1) is 26.6. The molecule has 7 nitrogen and oxygen atoms in total. The highest BCUT2D eigenvalue weighted by Crippen LogP contribution is 2.27. The number of methoxy groups -OCH3 is 1. The molecule has 1 saturated heterocycles. The first-order chi connectivity index (χ1) is 12.5. The monoisotopic (exact) mass is 454 g/mol. The number of halogens is 3. The Morgan fingerprint density at radius 2 is 2.07 bits per heavy atom. The van der Waals surface area contributed by atoms with E-state index in [-0.39, 0.29) is 42.5 Å². The molecule has 1 aromatic rings. The van der Waals surface area contributed by atoms with Crippen molar-refractivity contribution in [2.24, 2.45) is 11.7 Å². The zero-order chi connectivity index (χ0) is 18.9. The van der Waals surface area contributed by atoms with Gasteiger partial charge in [-0.25, -0.2) is 0 Å². The van der Waals surface area contributed by atoms with Crippen molar-refractivity contribution in [3.63, 3.8) is 0 Å². The number of carbonyl (C=O) groups is 2. The summed E-state index contributed by atoms with van der Waals surface area (Å²) in [6, 6.07) is 5.30.